The third-order valence-corrected chi connectivity index (χ3v) is 3.16. The molecule has 0 unspecified atom stereocenters. The van der Waals surface area contributed by atoms with E-state index in [-0.39, 0.29) is 18.1 Å². The molecule has 0 heterocycles. The Morgan fingerprint density at radius 2 is 1.71 bits per heavy atom. The van der Waals surface area contributed by atoms with Crippen LogP contribution >= 0.6 is 0 Å². The molecular weight excluding hydrogens is 310 g/mol. The molecule has 0 aliphatic carbocycles. The van der Waals surface area contributed by atoms with Crippen molar-refractivity contribution < 1.29 is 23.9 Å². The Bertz CT molecular complexity index is 463. The number of nitrogens with one attached hydrogen (secondary N) is 1. The van der Waals surface area contributed by atoms with Crippen LogP contribution in [0.5, 0.6) is 0 Å². The Hall–Kier alpha value is -1.85. The van der Waals surface area contributed by atoms with E-state index in [1.54, 1.807) is 33.8 Å². The zero-order valence-electron chi connectivity index (χ0n) is 15.8. The lowest BCUT2D eigenvalue weighted by Gasteiger charge is -2.22. The molecule has 24 heavy (non-hydrogen) atoms. The summed E-state index contributed by atoms with van der Waals surface area (Å²) >= 11 is 0. The maximum absolute atomic E-state index is 12.3. The molecule has 0 spiro atoms. The highest BCUT2D eigenvalue weighted by molar-refractivity contribution is 5.87. The summed E-state index contributed by atoms with van der Waals surface area (Å²) in [5.41, 5.74) is -0.615. The lowest BCUT2D eigenvalue weighted by Crippen LogP contribution is -2.42. The minimum absolute atomic E-state index is 0.0838. The first-order valence-electron chi connectivity index (χ1n) is 8.23. The number of ether oxygens (including phenoxy) is 2. The van der Waals surface area contributed by atoms with Crippen molar-refractivity contribution in [3.63, 3.8) is 0 Å². The second kappa shape index (κ2) is 10.1. The summed E-state index contributed by atoms with van der Waals surface area (Å²) in [4.78, 5) is 35.3. The number of ketones is 1. The van der Waals surface area contributed by atoms with E-state index in [0.29, 0.717) is 5.92 Å². The molecule has 1 amide bonds. The van der Waals surface area contributed by atoms with Crippen molar-refractivity contribution in [1.29, 1.82) is 0 Å². The van der Waals surface area contributed by atoms with Gasteiger partial charge < -0.3 is 14.8 Å². The lowest BCUT2D eigenvalue weighted by atomic mass is 9.90. The third-order valence-electron chi connectivity index (χ3n) is 3.16. The van der Waals surface area contributed by atoms with Gasteiger partial charge in [0.1, 0.15) is 5.60 Å². The summed E-state index contributed by atoms with van der Waals surface area (Å²) < 4.78 is 9.72. The van der Waals surface area contributed by atoms with Crippen LogP contribution in [0.2, 0.25) is 0 Å². The van der Waals surface area contributed by atoms with Crippen LogP contribution in [0.3, 0.4) is 0 Å². The molecule has 0 saturated carbocycles. The first-order chi connectivity index (χ1) is 10.9. The predicted octanol–water partition coefficient (Wildman–Crippen LogP) is 3.25. The second-order valence-electron chi connectivity index (χ2n) is 7.31. The smallest absolute Gasteiger partial charge is 0.408 e. The molecule has 0 radical (unpaired) electrons. The number of carbonyl (C=O) groups excluding carboxylic acids is 3. The van der Waals surface area contributed by atoms with Crippen molar-refractivity contribution in [2.75, 3.05) is 7.11 Å². The Morgan fingerprint density at radius 3 is 2.17 bits per heavy atom. The van der Waals surface area contributed by atoms with Crippen LogP contribution in [0.4, 0.5) is 4.79 Å². The average molecular weight is 341 g/mol. The molecular formula is C18H31NO5. The number of amides is 1. The Balaban J connectivity index is 4.71. The molecule has 138 valence electrons. The Labute approximate surface area is 145 Å². The molecule has 6 heteroatoms. The van der Waals surface area contributed by atoms with Crippen LogP contribution < -0.4 is 5.32 Å². The highest BCUT2D eigenvalue weighted by Gasteiger charge is 2.23. The standard InChI is InChI=1S/C18H31NO5/c1-12(2)10-14(8-9-16(21)23-7)11-15(20)13(3)19-17(22)24-18(4,5)6/h8-9,12-14H,10-11H2,1-7H3,(H,19,22)/b9-8+/t13-,14+/m0/s1. The molecule has 6 nitrogen and oxygen atoms in total. The molecule has 0 aliphatic rings. The summed E-state index contributed by atoms with van der Waals surface area (Å²) in [7, 11) is 1.31. The molecule has 0 fully saturated rings. The molecule has 0 aromatic carbocycles. The van der Waals surface area contributed by atoms with Gasteiger partial charge in [-0.3, -0.25) is 4.79 Å². The fourth-order valence-electron chi connectivity index (χ4n) is 2.12. The zero-order valence-corrected chi connectivity index (χ0v) is 15.8. The van der Waals surface area contributed by atoms with E-state index >= 15 is 0 Å². The highest BCUT2D eigenvalue weighted by Crippen LogP contribution is 2.18. The topological polar surface area (TPSA) is 81.7 Å². The van der Waals surface area contributed by atoms with Crippen molar-refractivity contribution >= 4 is 17.8 Å². The van der Waals surface area contributed by atoms with E-state index in [4.69, 9.17) is 4.74 Å². The van der Waals surface area contributed by atoms with E-state index in [1.807, 2.05) is 13.8 Å². The second-order valence-corrected chi connectivity index (χ2v) is 7.31. The molecule has 0 aromatic rings. The Morgan fingerprint density at radius 1 is 1.12 bits per heavy atom. The fraction of sp³-hybridized carbons (Fsp3) is 0.722. The van der Waals surface area contributed by atoms with Gasteiger partial charge >= 0.3 is 12.1 Å². The minimum atomic E-state index is -0.652. The van der Waals surface area contributed by atoms with E-state index in [9.17, 15) is 14.4 Å². The van der Waals surface area contributed by atoms with Gasteiger partial charge in [-0.05, 0) is 46.0 Å². The molecule has 0 saturated heterocycles. The van der Waals surface area contributed by atoms with Crippen LogP contribution in [0, 0.1) is 11.8 Å². The number of Topliss-reactive ketones (excluding diaryl/α,β-unsaturated/α-hetero) is 1. The first-order valence-corrected chi connectivity index (χ1v) is 8.23. The van der Waals surface area contributed by atoms with Crippen molar-refractivity contribution in [2.45, 2.75) is 66.0 Å². The summed E-state index contributed by atoms with van der Waals surface area (Å²) in [6, 6.07) is -0.652. The summed E-state index contributed by atoms with van der Waals surface area (Å²) in [6.45, 7) is 11.0. The van der Waals surface area contributed by atoms with Gasteiger partial charge in [-0.25, -0.2) is 9.59 Å². The van der Waals surface area contributed by atoms with E-state index in [2.05, 4.69) is 10.1 Å². The number of methoxy groups -OCH3 is 1. The van der Waals surface area contributed by atoms with Crippen molar-refractivity contribution in [3.8, 4) is 0 Å². The largest absolute Gasteiger partial charge is 0.466 e. The van der Waals surface area contributed by atoms with Gasteiger partial charge in [0.2, 0.25) is 0 Å². The fourth-order valence-corrected chi connectivity index (χ4v) is 2.12. The minimum Gasteiger partial charge on any atom is -0.466 e. The van der Waals surface area contributed by atoms with E-state index in [1.165, 1.54) is 13.2 Å². The Kier molecular flexibility index (Phi) is 9.33. The van der Waals surface area contributed by atoms with Crippen LogP contribution in [-0.4, -0.2) is 36.6 Å². The normalized spacial score (nSPS) is 14.3. The number of hydrogen-bond donors (Lipinski definition) is 1. The van der Waals surface area contributed by atoms with Crippen LogP contribution in [-0.2, 0) is 19.1 Å². The number of alkyl carbamates (subject to hydrolysis) is 1. The number of rotatable bonds is 8. The van der Waals surface area contributed by atoms with E-state index in [0.717, 1.165) is 6.42 Å². The third kappa shape index (κ3) is 10.8. The summed E-state index contributed by atoms with van der Waals surface area (Å²) in [5.74, 6) is -0.268. The SMILES string of the molecule is COC(=O)/C=C/[C@@H](CC(=O)[C@H](C)NC(=O)OC(C)(C)C)CC(C)C. The summed E-state index contributed by atoms with van der Waals surface area (Å²) in [5, 5.41) is 2.54. The highest BCUT2D eigenvalue weighted by atomic mass is 16.6. The van der Waals surface area contributed by atoms with Gasteiger partial charge in [0, 0.05) is 12.5 Å². The number of carbonyl (C=O) groups is 3. The van der Waals surface area contributed by atoms with Crippen molar-refractivity contribution in [1.82, 2.24) is 5.32 Å². The van der Waals surface area contributed by atoms with E-state index < -0.39 is 23.7 Å². The number of hydrogen-bond acceptors (Lipinski definition) is 5. The van der Waals surface area contributed by atoms with Crippen LogP contribution in [0.25, 0.3) is 0 Å². The van der Waals surface area contributed by atoms with Crippen molar-refractivity contribution in [3.05, 3.63) is 12.2 Å². The first kappa shape index (κ1) is 22.1. The number of esters is 1. The average Bonchev–Trinajstić information content (AvgIpc) is 2.41. The van der Waals surface area contributed by atoms with Gasteiger partial charge in [0.05, 0.1) is 13.2 Å². The molecule has 0 rings (SSSR count). The molecule has 0 aromatic heterocycles. The lowest BCUT2D eigenvalue weighted by molar-refractivity contribution is -0.135. The summed E-state index contributed by atoms with van der Waals surface area (Å²) in [6.07, 6.45) is 3.42. The molecule has 1 N–H and O–H groups in total. The van der Waals surface area contributed by atoms with Gasteiger partial charge in [-0.1, -0.05) is 19.9 Å². The number of allylic oxidation sites excluding steroid dienone is 1. The zero-order chi connectivity index (χ0) is 18.9. The quantitative estimate of drug-likeness (QED) is 0.541. The van der Waals surface area contributed by atoms with Gasteiger partial charge in [0.15, 0.2) is 5.78 Å². The van der Waals surface area contributed by atoms with Gasteiger partial charge in [-0.2, -0.15) is 0 Å². The molecule has 0 aliphatic heterocycles. The van der Waals surface area contributed by atoms with Gasteiger partial charge in [0.25, 0.3) is 0 Å². The van der Waals surface area contributed by atoms with Crippen molar-refractivity contribution in [2.24, 2.45) is 11.8 Å². The maximum atomic E-state index is 12.3. The maximum Gasteiger partial charge on any atom is 0.408 e. The molecule has 2 atom stereocenters. The predicted molar refractivity (Wildman–Crippen MR) is 92.6 cm³/mol. The van der Waals surface area contributed by atoms with Crippen LogP contribution in [0.15, 0.2) is 12.2 Å². The monoisotopic (exact) mass is 341 g/mol. The van der Waals surface area contributed by atoms with Gasteiger partial charge in [-0.15, -0.1) is 0 Å². The molecule has 0 bridgehead atoms. The van der Waals surface area contributed by atoms with Crippen LogP contribution in [0.1, 0.15) is 54.4 Å².